The highest BCUT2D eigenvalue weighted by atomic mass is 19.4. The first-order valence-electron chi connectivity index (χ1n) is 13.5. The molecule has 1 aliphatic heterocycles. The average molecular weight is 587 g/mol. The third kappa shape index (κ3) is 5.97. The number of carbonyl (C=O) groups excluding carboxylic acids is 2. The second kappa shape index (κ2) is 11.7. The number of benzene rings is 4. The third-order valence-electron chi connectivity index (χ3n) is 7.31. The SMILES string of the molecule is Cc1cc(/C(O)=C2\C(=O)C(=O)N(c3cccc(C(F)(F)F)c3)C2c2ccc(N(C)C)cc2)ccc1OCc1ccccc1. The number of aliphatic hydroxyl groups is 1. The van der Waals surface area contributed by atoms with Crippen LogP contribution in [-0.2, 0) is 22.4 Å². The number of ketones is 1. The van der Waals surface area contributed by atoms with Crippen LogP contribution in [0.5, 0.6) is 5.75 Å². The van der Waals surface area contributed by atoms with Crippen LogP contribution in [0.25, 0.3) is 5.76 Å². The van der Waals surface area contributed by atoms with Crippen molar-refractivity contribution in [3.8, 4) is 5.75 Å². The number of hydrogen-bond donors (Lipinski definition) is 1. The molecule has 1 heterocycles. The summed E-state index contributed by atoms with van der Waals surface area (Å²) < 4.78 is 46.7. The number of halogens is 3. The van der Waals surface area contributed by atoms with Crippen molar-refractivity contribution < 1.29 is 32.6 Å². The highest BCUT2D eigenvalue weighted by Gasteiger charge is 2.47. The number of alkyl halides is 3. The Morgan fingerprint density at radius 1 is 0.907 bits per heavy atom. The molecule has 0 aliphatic carbocycles. The van der Waals surface area contributed by atoms with Gasteiger partial charge in [-0.1, -0.05) is 48.5 Å². The molecule has 9 heteroatoms. The molecule has 1 saturated heterocycles. The van der Waals surface area contributed by atoms with Gasteiger partial charge in [-0.05, 0) is 72.1 Å². The molecular weight excluding hydrogens is 557 g/mol. The fourth-order valence-corrected chi connectivity index (χ4v) is 5.05. The molecule has 0 spiro atoms. The number of carbonyl (C=O) groups is 2. The zero-order valence-electron chi connectivity index (χ0n) is 23.7. The van der Waals surface area contributed by atoms with E-state index in [1.807, 2.05) is 49.3 Å². The number of aryl methyl sites for hydroxylation is 1. The molecule has 43 heavy (non-hydrogen) atoms. The van der Waals surface area contributed by atoms with Crippen molar-refractivity contribution >= 4 is 28.8 Å². The van der Waals surface area contributed by atoms with Crippen LogP contribution in [0.1, 0.15) is 33.9 Å². The van der Waals surface area contributed by atoms with E-state index < -0.39 is 35.2 Å². The first-order chi connectivity index (χ1) is 20.5. The van der Waals surface area contributed by atoms with E-state index in [2.05, 4.69) is 0 Å². The van der Waals surface area contributed by atoms with Crippen molar-refractivity contribution in [1.82, 2.24) is 0 Å². The Kier molecular flexibility index (Phi) is 8.00. The summed E-state index contributed by atoms with van der Waals surface area (Å²) in [5.74, 6) is -1.91. The van der Waals surface area contributed by atoms with Gasteiger partial charge >= 0.3 is 6.18 Å². The van der Waals surface area contributed by atoms with Crippen molar-refractivity contribution in [3.63, 3.8) is 0 Å². The Morgan fingerprint density at radius 3 is 2.23 bits per heavy atom. The molecule has 0 bridgehead atoms. The van der Waals surface area contributed by atoms with E-state index in [0.717, 1.165) is 28.3 Å². The van der Waals surface area contributed by atoms with Gasteiger partial charge in [0.15, 0.2) is 0 Å². The van der Waals surface area contributed by atoms with Gasteiger partial charge in [0.1, 0.15) is 18.1 Å². The number of amides is 1. The van der Waals surface area contributed by atoms with E-state index in [4.69, 9.17) is 4.74 Å². The highest BCUT2D eigenvalue weighted by molar-refractivity contribution is 6.51. The molecule has 220 valence electrons. The van der Waals surface area contributed by atoms with E-state index in [9.17, 15) is 27.9 Å². The predicted octanol–water partition coefficient (Wildman–Crippen LogP) is 7.29. The Morgan fingerprint density at radius 2 is 1.60 bits per heavy atom. The van der Waals surface area contributed by atoms with Crippen LogP contribution in [0.2, 0.25) is 0 Å². The molecule has 0 saturated carbocycles. The highest BCUT2D eigenvalue weighted by Crippen LogP contribution is 2.44. The summed E-state index contributed by atoms with van der Waals surface area (Å²) >= 11 is 0. The lowest BCUT2D eigenvalue weighted by molar-refractivity contribution is -0.137. The lowest BCUT2D eigenvalue weighted by Crippen LogP contribution is -2.29. The molecule has 1 fully saturated rings. The van der Waals surface area contributed by atoms with Gasteiger partial charge in [0.05, 0.1) is 17.2 Å². The number of rotatable bonds is 7. The minimum Gasteiger partial charge on any atom is -0.507 e. The Balaban J connectivity index is 1.59. The van der Waals surface area contributed by atoms with E-state index in [1.54, 1.807) is 49.4 Å². The lowest BCUT2D eigenvalue weighted by Gasteiger charge is -2.26. The van der Waals surface area contributed by atoms with Gasteiger partial charge in [0.2, 0.25) is 0 Å². The van der Waals surface area contributed by atoms with Crippen LogP contribution < -0.4 is 14.5 Å². The topological polar surface area (TPSA) is 70.1 Å². The molecule has 6 nitrogen and oxygen atoms in total. The molecule has 5 rings (SSSR count). The maximum Gasteiger partial charge on any atom is 0.416 e. The first kappa shape index (κ1) is 29.4. The second-order valence-electron chi connectivity index (χ2n) is 10.5. The smallest absolute Gasteiger partial charge is 0.416 e. The van der Waals surface area contributed by atoms with Gasteiger partial charge in [0, 0.05) is 31.0 Å². The van der Waals surface area contributed by atoms with E-state index in [-0.39, 0.29) is 16.8 Å². The minimum absolute atomic E-state index is 0.112. The molecule has 4 aromatic rings. The molecule has 4 aromatic carbocycles. The quantitative estimate of drug-likeness (QED) is 0.140. The zero-order valence-corrected chi connectivity index (χ0v) is 23.7. The van der Waals surface area contributed by atoms with Crippen molar-refractivity contribution in [3.05, 3.63) is 130 Å². The Labute approximate surface area is 247 Å². The Bertz CT molecular complexity index is 1700. The van der Waals surface area contributed by atoms with Crippen LogP contribution in [-0.4, -0.2) is 30.9 Å². The second-order valence-corrected chi connectivity index (χ2v) is 10.5. The van der Waals surface area contributed by atoms with Crippen LogP contribution in [0, 0.1) is 6.92 Å². The van der Waals surface area contributed by atoms with Crippen LogP contribution in [0.4, 0.5) is 24.5 Å². The minimum atomic E-state index is -4.66. The van der Waals surface area contributed by atoms with Gasteiger partial charge in [-0.2, -0.15) is 13.2 Å². The van der Waals surface area contributed by atoms with E-state index in [1.165, 1.54) is 12.1 Å². The van der Waals surface area contributed by atoms with Crippen molar-refractivity contribution in [1.29, 1.82) is 0 Å². The monoisotopic (exact) mass is 586 g/mol. The van der Waals surface area contributed by atoms with Gasteiger partial charge in [-0.25, -0.2) is 0 Å². The summed E-state index contributed by atoms with van der Waals surface area (Å²) in [5.41, 5.74) is 1.90. The maximum absolute atomic E-state index is 13.6. The van der Waals surface area contributed by atoms with Gasteiger partial charge in [-0.15, -0.1) is 0 Å². The summed E-state index contributed by atoms with van der Waals surface area (Å²) in [4.78, 5) is 29.8. The number of nitrogens with zero attached hydrogens (tertiary/aromatic N) is 2. The summed E-state index contributed by atoms with van der Waals surface area (Å²) in [5, 5.41) is 11.5. The van der Waals surface area contributed by atoms with Crippen LogP contribution in [0.15, 0.2) is 103 Å². The molecule has 0 radical (unpaired) electrons. The van der Waals surface area contributed by atoms with Crippen molar-refractivity contribution in [2.24, 2.45) is 0 Å². The van der Waals surface area contributed by atoms with Crippen molar-refractivity contribution in [2.45, 2.75) is 25.7 Å². The molecule has 1 unspecified atom stereocenters. The molecule has 0 aromatic heterocycles. The number of Topliss-reactive ketones (excluding diaryl/α,β-unsaturated/α-hetero) is 1. The molecular formula is C34H29F3N2O4. The van der Waals surface area contributed by atoms with E-state index in [0.29, 0.717) is 23.5 Å². The number of anilines is 2. The number of hydrogen-bond acceptors (Lipinski definition) is 5. The summed E-state index contributed by atoms with van der Waals surface area (Å²) in [6, 6.07) is 24.5. The van der Waals surface area contributed by atoms with Gasteiger partial charge in [-0.3, -0.25) is 14.5 Å². The summed E-state index contributed by atoms with van der Waals surface area (Å²) in [7, 11) is 3.69. The fraction of sp³-hybridized carbons (Fsp3) is 0.176. The third-order valence-corrected chi connectivity index (χ3v) is 7.31. The molecule has 1 atom stereocenters. The first-order valence-corrected chi connectivity index (χ1v) is 13.5. The lowest BCUT2D eigenvalue weighted by atomic mass is 9.94. The normalized spacial score (nSPS) is 16.4. The average Bonchev–Trinajstić information content (AvgIpc) is 3.26. The summed E-state index contributed by atoms with van der Waals surface area (Å²) in [6.45, 7) is 2.12. The van der Waals surface area contributed by atoms with Gasteiger partial charge < -0.3 is 14.7 Å². The largest absolute Gasteiger partial charge is 0.507 e. The maximum atomic E-state index is 13.6. The fourth-order valence-electron chi connectivity index (χ4n) is 5.05. The van der Waals surface area contributed by atoms with Crippen LogP contribution >= 0.6 is 0 Å². The zero-order chi connectivity index (χ0) is 30.9. The standard InChI is InChI=1S/C34H29F3N2O4/c1-21-18-24(14-17-28(21)43-20-22-8-5-4-6-9-22)31(40)29-30(23-12-15-26(16-13-23)38(2)3)39(33(42)32(29)41)27-11-7-10-25(19-27)34(35,36)37/h4-19,30,40H,20H2,1-3H3/b31-29+. The Hall–Kier alpha value is -5.05. The van der Waals surface area contributed by atoms with E-state index >= 15 is 0 Å². The van der Waals surface area contributed by atoms with Crippen LogP contribution in [0.3, 0.4) is 0 Å². The van der Waals surface area contributed by atoms with Crippen molar-refractivity contribution in [2.75, 3.05) is 23.9 Å². The predicted molar refractivity (Wildman–Crippen MR) is 159 cm³/mol. The summed E-state index contributed by atoms with van der Waals surface area (Å²) in [6.07, 6.45) is -4.66. The number of aliphatic hydroxyl groups excluding tert-OH is 1. The molecule has 1 aliphatic rings. The number of ether oxygens (including phenoxy) is 1. The van der Waals surface area contributed by atoms with Gasteiger partial charge in [0.25, 0.3) is 11.7 Å². The molecule has 1 amide bonds. The molecule has 1 N–H and O–H groups in total.